The van der Waals surface area contributed by atoms with Gasteiger partial charge in [0.05, 0.1) is 5.69 Å². The summed E-state index contributed by atoms with van der Waals surface area (Å²) in [5.74, 6) is 0.479. The average Bonchev–Trinajstić information content (AvgIpc) is 3.15. The minimum Gasteiger partial charge on any atom is -0.487 e. The Kier molecular flexibility index (Phi) is 5.23. The van der Waals surface area contributed by atoms with Gasteiger partial charge in [0, 0.05) is 28.7 Å². The highest BCUT2D eigenvalue weighted by Gasteiger charge is 2.10. The molecule has 146 valence electrons. The second-order valence-electron chi connectivity index (χ2n) is 6.83. The average molecular weight is 406 g/mol. The standard InChI is InChI=1S/C23H20ClN3O2/c1-15-5-4-12-27-13-18(25-22(15)27)14-29-19-10-8-17(9-11-19)23(28)26-21-7-3-6-20(24)16(21)2/h3-13H,14H2,1-2H3,(H,26,28). The first-order chi connectivity index (χ1) is 14.0. The van der Waals surface area contributed by atoms with Crippen LogP contribution in [0.3, 0.4) is 0 Å². The van der Waals surface area contributed by atoms with E-state index in [1.54, 1.807) is 30.3 Å². The van der Waals surface area contributed by atoms with Gasteiger partial charge in [-0.2, -0.15) is 0 Å². The molecule has 0 spiro atoms. The van der Waals surface area contributed by atoms with Crippen molar-refractivity contribution in [2.75, 3.05) is 5.32 Å². The number of carbonyl (C=O) groups excluding carboxylic acids is 1. The lowest BCUT2D eigenvalue weighted by Gasteiger charge is -2.10. The van der Waals surface area contributed by atoms with E-state index < -0.39 is 0 Å². The smallest absolute Gasteiger partial charge is 0.255 e. The summed E-state index contributed by atoms with van der Waals surface area (Å²) in [7, 11) is 0. The number of hydrogen-bond acceptors (Lipinski definition) is 3. The highest BCUT2D eigenvalue weighted by Crippen LogP contribution is 2.24. The molecule has 0 unspecified atom stereocenters. The summed E-state index contributed by atoms with van der Waals surface area (Å²) in [6.07, 6.45) is 3.92. The Hall–Kier alpha value is -3.31. The van der Waals surface area contributed by atoms with Crippen molar-refractivity contribution in [2.45, 2.75) is 20.5 Å². The Bertz CT molecular complexity index is 1180. The number of aryl methyl sites for hydroxylation is 1. The Morgan fingerprint density at radius 2 is 1.90 bits per heavy atom. The van der Waals surface area contributed by atoms with Gasteiger partial charge in [-0.3, -0.25) is 4.79 Å². The minimum atomic E-state index is -0.197. The molecule has 29 heavy (non-hydrogen) atoms. The zero-order chi connectivity index (χ0) is 20.4. The first kappa shape index (κ1) is 19.0. The molecular formula is C23H20ClN3O2. The molecule has 0 fully saturated rings. The van der Waals surface area contributed by atoms with Crippen molar-refractivity contribution in [2.24, 2.45) is 0 Å². The topological polar surface area (TPSA) is 55.6 Å². The van der Waals surface area contributed by atoms with E-state index in [0.717, 1.165) is 22.5 Å². The number of anilines is 1. The van der Waals surface area contributed by atoms with Gasteiger partial charge in [-0.25, -0.2) is 4.98 Å². The molecule has 0 radical (unpaired) electrons. The summed E-state index contributed by atoms with van der Waals surface area (Å²) in [6.45, 7) is 4.26. The van der Waals surface area contributed by atoms with Gasteiger partial charge in [-0.05, 0) is 67.4 Å². The summed E-state index contributed by atoms with van der Waals surface area (Å²) in [5, 5.41) is 3.51. The van der Waals surface area contributed by atoms with Crippen molar-refractivity contribution < 1.29 is 9.53 Å². The molecule has 4 aromatic rings. The third-order valence-electron chi connectivity index (χ3n) is 4.75. The maximum atomic E-state index is 12.5. The zero-order valence-electron chi connectivity index (χ0n) is 16.1. The van der Waals surface area contributed by atoms with Crippen molar-refractivity contribution in [3.63, 3.8) is 0 Å². The van der Waals surface area contributed by atoms with Gasteiger partial charge in [0.25, 0.3) is 5.91 Å². The van der Waals surface area contributed by atoms with Crippen LogP contribution in [0.1, 0.15) is 27.2 Å². The fraction of sp³-hybridized carbons (Fsp3) is 0.130. The molecule has 5 nitrogen and oxygen atoms in total. The second-order valence-corrected chi connectivity index (χ2v) is 7.24. The molecule has 0 saturated carbocycles. The predicted octanol–water partition coefficient (Wildman–Crippen LogP) is 5.44. The second kappa shape index (κ2) is 7.97. The Labute approximate surface area is 173 Å². The van der Waals surface area contributed by atoms with Crippen molar-refractivity contribution in [1.82, 2.24) is 9.38 Å². The molecule has 2 aromatic heterocycles. The Morgan fingerprint density at radius 3 is 2.66 bits per heavy atom. The summed E-state index contributed by atoms with van der Waals surface area (Å²) in [4.78, 5) is 17.1. The fourth-order valence-electron chi connectivity index (χ4n) is 3.07. The molecule has 0 aliphatic rings. The highest BCUT2D eigenvalue weighted by atomic mass is 35.5. The number of aromatic nitrogens is 2. The number of fused-ring (bicyclic) bond motifs is 1. The molecule has 1 amide bonds. The lowest BCUT2D eigenvalue weighted by atomic mass is 10.1. The van der Waals surface area contributed by atoms with Crippen LogP contribution in [-0.2, 0) is 6.61 Å². The van der Waals surface area contributed by atoms with Gasteiger partial charge >= 0.3 is 0 Å². The number of nitrogens with zero attached hydrogens (tertiary/aromatic N) is 2. The number of nitrogens with one attached hydrogen (secondary N) is 1. The maximum Gasteiger partial charge on any atom is 0.255 e. The number of carbonyl (C=O) groups is 1. The van der Waals surface area contributed by atoms with E-state index in [1.165, 1.54) is 0 Å². The first-order valence-electron chi connectivity index (χ1n) is 9.24. The molecule has 2 heterocycles. The van der Waals surface area contributed by atoms with Gasteiger partial charge in [0.15, 0.2) is 0 Å². The monoisotopic (exact) mass is 405 g/mol. The van der Waals surface area contributed by atoms with Crippen LogP contribution >= 0.6 is 11.6 Å². The van der Waals surface area contributed by atoms with E-state index in [4.69, 9.17) is 16.3 Å². The quantitative estimate of drug-likeness (QED) is 0.481. The van der Waals surface area contributed by atoms with Gasteiger partial charge in [-0.1, -0.05) is 23.7 Å². The van der Waals surface area contributed by atoms with Gasteiger partial charge in [0.1, 0.15) is 18.0 Å². The molecule has 0 atom stereocenters. The van der Waals surface area contributed by atoms with Crippen LogP contribution in [0.15, 0.2) is 67.0 Å². The lowest BCUT2D eigenvalue weighted by Crippen LogP contribution is -2.12. The number of halogens is 1. The van der Waals surface area contributed by atoms with E-state index in [2.05, 4.69) is 10.3 Å². The van der Waals surface area contributed by atoms with Crippen LogP contribution in [0, 0.1) is 13.8 Å². The molecule has 4 rings (SSSR count). The lowest BCUT2D eigenvalue weighted by molar-refractivity contribution is 0.102. The van der Waals surface area contributed by atoms with E-state index in [1.807, 2.05) is 54.9 Å². The predicted molar refractivity (Wildman–Crippen MR) is 115 cm³/mol. The van der Waals surface area contributed by atoms with Crippen LogP contribution in [-0.4, -0.2) is 15.3 Å². The molecule has 2 aromatic carbocycles. The molecule has 0 aliphatic carbocycles. The molecule has 0 saturated heterocycles. The first-order valence-corrected chi connectivity index (χ1v) is 9.61. The van der Waals surface area contributed by atoms with Crippen molar-refractivity contribution in [1.29, 1.82) is 0 Å². The van der Waals surface area contributed by atoms with E-state index in [9.17, 15) is 4.79 Å². The number of rotatable bonds is 5. The third-order valence-corrected chi connectivity index (χ3v) is 5.16. The maximum absolute atomic E-state index is 12.5. The fourth-order valence-corrected chi connectivity index (χ4v) is 3.25. The Morgan fingerprint density at radius 1 is 1.10 bits per heavy atom. The molecule has 1 N–H and O–H groups in total. The van der Waals surface area contributed by atoms with Gasteiger partial charge < -0.3 is 14.5 Å². The number of pyridine rings is 1. The van der Waals surface area contributed by atoms with E-state index in [-0.39, 0.29) is 5.91 Å². The van der Waals surface area contributed by atoms with Crippen LogP contribution in [0.2, 0.25) is 5.02 Å². The molecule has 6 heteroatoms. The summed E-state index contributed by atoms with van der Waals surface area (Å²) in [6, 6.07) is 16.5. The van der Waals surface area contributed by atoms with E-state index in [0.29, 0.717) is 28.6 Å². The van der Waals surface area contributed by atoms with Gasteiger partial charge in [0.2, 0.25) is 0 Å². The van der Waals surface area contributed by atoms with Crippen molar-refractivity contribution in [3.05, 3.63) is 94.4 Å². The number of hydrogen-bond donors (Lipinski definition) is 1. The van der Waals surface area contributed by atoms with Crippen LogP contribution in [0.5, 0.6) is 5.75 Å². The molecule has 0 aliphatic heterocycles. The zero-order valence-corrected chi connectivity index (χ0v) is 16.9. The minimum absolute atomic E-state index is 0.197. The number of imidazole rings is 1. The Balaban J connectivity index is 1.41. The highest BCUT2D eigenvalue weighted by molar-refractivity contribution is 6.31. The van der Waals surface area contributed by atoms with Crippen LogP contribution in [0.25, 0.3) is 5.65 Å². The van der Waals surface area contributed by atoms with Gasteiger partial charge in [-0.15, -0.1) is 0 Å². The third kappa shape index (κ3) is 4.10. The van der Waals surface area contributed by atoms with E-state index >= 15 is 0 Å². The summed E-state index contributed by atoms with van der Waals surface area (Å²) in [5.41, 5.74) is 4.96. The summed E-state index contributed by atoms with van der Waals surface area (Å²) >= 11 is 6.11. The SMILES string of the molecule is Cc1c(Cl)cccc1NC(=O)c1ccc(OCc2cn3cccc(C)c3n2)cc1. The van der Waals surface area contributed by atoms with Crippen LogP contribution in [0.4, 0.5) is 5.69 Å². The summed E-state index contributed by atoms with van der Waals surface area (Å²) < 4.78 is 7.81. The van der Waals surface area contributed by atoms with Crippen molar-refractivity contribution >= 4 is 28.8 Å². The number of benzene rings is 2. The molecular weight excluding hydrogens is 386 g/mol. The number of ether oxygens (including phenoxy) is 1. The largest absolute Gasteiger partial charge is 0.487 e. The number of amides is 1. The molecule has 0 bridgehead atoms. The van der Waals surface area contributed by atoms with Crippen molar-refractivity contribution in [3.8, 4) is 5.75 Å². The normalized spacial score (nSPS) is 10.9. The van der Waals surface area contributed by atoms with Crippen LogP contribution < -0.4 is 10.1 Å².